The summed E-state index contributed by atoms with van der Waals surface area (Å²) < 4.78 is 17.3. The predicted molar refractivity (Wildman–Crippen MR) is 101 cm³/mol. The molecule has 0 bridgehead atoms. The second kappa shape index (κ2) is 22.2. The van der Waals surface area contributed by atoms with E-state index in [-0.39, 0.29) is 19.8 Å². The van der Waals surface area contributed by atoms with Gasteiger partial charge in [-0.1, -0.05) is 38.5 Å². The quantitative estimate of drug-likeness (QED) is 0.206. The molecule has 0 aliphatic heterocycles. The van der Waals surface area contributed by atoms with Crippen molar-refractivity contribution in [1.82, 2.24) is 0 Å². The summed E-state index contributed by atoms with van der Waals surface area (Å²) >= 11 is 0. The van der Waals surface area contributed by atoms with Gasteiger partial charge in [-0.2, -0.15) is 0 Å². The second-order valence-corrected chi connectivity index (χ2v) is 7.36. The van der Waals surface area contributed by atoms with E-state index in [1.54, 1.807) is 0 Å². The molecule has 0 fully saturated rings. The first-order chi connectivity index (χ1) is 12.3. The van der Waals surface area contributed by atoms with Crippen LogP contribution < -0.4 is 0 Å². The highest BCUT2D eigenvalue weighted by molar-refractivity contribution is 7.41. The minimum Gasteiger partial charge on any atom is -0.396 e. The molecule has 0 atom stereocenters. The lowest BCUT2D eigenvalue weighted by Gasteiger charge is -2.17. The Labute approximate surface area is 154 Å². The van der Waals surface area contributed by atoms with E-state index >= 15 is 0 Å². The Balaban J connectivity index is 3.76. The van der Waals surface area contributed by atoms with Crippen molar-refractivity contribution >= 4 is 8.60 Å². The molecule has 0 spiro atoms. The molecule has 0 rings (SSSR count). The van der Waals surface area contributed by atoms with E-state index in [0.717, 1.165) is 77.0 Å². The molecule has 7 heteroatoms. The fourth-order valence-electron chi connectivity index (χ4n) is 2.23. The monoisotopic (exact) mass is 382 g/mol. The van der Waals surface area contributed by atoms with Crippen LogP contribution in [0.2, 0.25) is 0 Å². The highest BCUT2D eigenvalue weighted by atomic mass is 31.2. The average molecular weight is 382 g/mol. The summed E-state index contributed by atoms with van der Waals surface area (Å²) in [7, 11) is -1.28. The molecule has 0 unspecified atom stereocenters. The van der Waals surface area contributed by atoms with Gasteiger partial charge in [0.15, 0.2) is 0 Å². The van der Waals surface area contributed by atoms with Gasteiger partial charge in [-0.25, -0.2) is 0 Å². The molecular weight excluding hydrogens is 343 g/mol. The maximum atomic E-state index is 8.76. The number of hydrogen-bond acceptors (Lipinski definition) is 6. The van der Waals surface area contributed by atoms with Crippen LogP contribution in [0.3, 0.4) is 0 Å². The Morgan fingerprint density at radius 3 is 0.960 bits per heavy atom. The van der Waals surface area contributed by atoms with Crippen molar-refractivity contribution in [3.63, 3.8) is 0 Å². The lowest BCUT2D eigenvalue weighted by molar-refractivity contribution is 0.153. The van der Waals surface area contributed by atoms with Gasteiger partial charge in [-0.05, 0) is 38.5 Å². The topological polar surface area (TPSA) is 88.4 Å². The maximum Gasteiger partial charge on any atom is 0.332 e. The molecule has 0 aromatic heterocycles. The van der Waals surface area contributed by atoms with Crippen molar-refractivity contribution in [2.45, 2.75) is 77.0 Å². The Bertz CT molecular complexity index is 208. The Morgan fingerprint density at radius 2 is 0.680 bits per heavy atom. The molecule has 152 valence electrons. The minimum atomic E-state index is -1.28. The van der Waals surface area contributed by atoms with Gasteiger partial charge in [0, 0.05) is 19.8 Å². The number of aliphatic hydroxyl groups excluding tert-OH is 3. The summed E-state index contributed by atoms with van der Waals surface area (Å²) in [5.74, 6) is 0. The first-order valence-corrected chi connectivity index (χ1v) is 11.0. The SMILES string of the molecule is OCCCCCCOP(OCCCCCCO)OCCCCCCO. The standard InChI is InChI=1S/C18H39O6P/c19-13-7-1-4-10-16-22-25(23-17-11-5-2-8-14-20)24-18-12-6-3-9-15-21/h19-21H,1-18H2. The maximum absolute atomic E-state index is 8.76. The fraction of sp³-hybridized carbons (Fsp3) is 1.00. The van der Waals surface area contributed by atoms with Crippen LogP contribution in [0, 0.1) is 0 Å². The summed E-state index contributed by atoms with van der Waals surface area (Å²) in [6.45, 7) is 2.66. The largest absolute Gasteiger partial charge is 0.396 e. The summed E-state index contributed by atoms with van der Waals surface area (Å²) in [5.41, 5.74) is 0. The van der Waals surface area contributed by atoms with Crippen LogP contribution in [-0.2, 0) is 13.6 Å². The molecule has 0 aromatic rings. The number of unbranched alkanes of at least 4 members (excludes halogenated alkanes) is 9. The molecule has 0 saturated heterocycles. The molecule has 0 heterocycles. The zero-order chi connectivity index (χ0) is 18.4. The first kappa shape index (κ1) is 25.2. The van der Waals surface area contributed by atoms with Gasteiger partial charge in [0.05, 0.1) is 19.8 Å². The Morgan fingerprint density at radius 1 is 0.400 bits per heavy atom. The number of aliphatic hydroxyl groups is 3. The predicted octanol–water partition coefficient (Wildman–Crippen LogP) is 3.92. The van der Waals surface area contributed by atoms with Crippen molar-refractivity contribution < 1.29 is 28.9 Å². The molecule has 0 aromatic carbocycles. The molecule has 0 saturated carbocycles. The van der Waals surface area contributed by atoms with Gasteiger partial charge in [0.2, 0.25) is 0 Å². The average Bonchev–Trinajstić information content (AvgIpc) is 2.63. The van der Waals surface area contributed by atoms with Crippen LogP contribution >= 0.6 is 8.60 Å². The molecule has 25 heavy (non-hydrogen) atoms. The van der Waals surface area contributed by atoms with E-state index in [9.17, 15) is 0 Å². The molecule has 3 N–H and O–H groups in total. The third-order valence-electron chi connectivity index (χ3n) is 3.75. The number of hydrogen-bond donors (Lipinski definition) is 3. The lowest BCUT2D eigenvalue weighted by Crippen LogP contribution is -2.01. The van der Waals surface area contributed by atoms with Gasteiger partial charge >= 0.3 is 8.60 Å². The summed E-state index contributed by atoms with van der Waals surface area (Å²) in [6.07, 6.45) is 11.6. The normalized spacial score (nSPS) is 11.5. The zero-order valence-electron chi connectivity index (χ0n) is 15.7. The van der Waals surface area contributed by atoms with E-state index in [4.69, 9.17) is 28.9 Å². The van der Waals surface area contributed by atoms with Gasteiger partial charge in [-0.3, -0.25) is 0 Å². The van der Waals surface area contributed by atoms with Crippen LogP contribution in [0.15, 0.2) is 0 Å². The zero-order valence-corrected chi connectivity index (χ0v) is 16.6. The Kier molecular flexibility index (Phi) is 22.4. The van der Waals surface area contributed by atoms with Gasteiger partial charge < -0.3 is 28.9 Å². The van der Waals surface area contributed by atoms with E-state index in [2.05, 4.69) is 0 Å². The van der Waals surface area contributed by atoms with E-state index in [0.29, 0.717) is 19.8 Å². The van der Waals surface area contributed by atoms with Crippen molar-refractivity contribution in [1.29, 1.82) is 0 Å². The second-order valence-electron chi connectivity index (χ2n) is 6.14. The van der Waals surface area contributed by atoms with E-state index in [1.807, 2.05) is 0 Å². The van der Waals surface area contributed by atoms with Crippen LogP contribution in [0.4, 0.5) is 0 Å². The van der Waals surface area contributed by atoms with Crippen molar-refractivity contribution in [2.75, 3.05) is 39.6 Å². The highest BCUT2D eigenvalue weighted by Crippen LogP contribution is 2.40. The summed E-state index contributed by atoms with van der Waals surface area (Å²) in [5, 5.41) is 26.3. The van der Waals surface area contributed by atoms with Gasteiger partial charge in [0.1, 0.15) is 0 Å². The lowest BCUT2D eigenvalue weighted by atomic mass is 10.2. The summed E-state index contributed by atoms with van der Waals surface area (Å²) in [6, 6.07) is 0. The van der Waals surface area contributed by atoms with E-state index < -0.39 is 8.60 Å². The summed E-state index contributed by atoms with van der Waals surface area (Å²) in [4.78, 5) is 0. The van der Waals surface area contributed by atoms with Crippen LogP contribution in [0.1, 0.15) is 77.0 Å². The minimum absolute atomic E-state index is 0.256. The van der Waals surface area contributed by atoms with Gasteiger partial charge in [-0.15, -0.1) is 0 Å². The smallest absolute Gasteiger partial charge is 0.332 e. The Hall–Kier alpha value is 0.190. The molecular formula is C18H39O6P. The third-order valence-corrected chi connectivity index (χ3v) is 4.93. The van der Waals surface area contributed by atoms with Gasteiger partial charge in [0.25, 0.3) is 0 Å². The fourth-order valence-corrected chi connectivity index (χ4v) is 3.29. The first-order valence-electron chi connectivity index (χ1n) is 9.86. The molecule has 0 aliphatic carbocycles. The highest BCUT2D eigenvalue weighted by Gasteiger charge is 2.12. The molecule has 6 nitrogen and oxygen atoms in total. The van der Waals surface area contributed by atoms with Crippen molar-refractivity contribution in [2.24, 2.45) is 0 Å². The van der Waals surface area contributed by atoms with Crippen molar-refractivity contribution in [3.05, 3.63) is 0 Å². The third kappa shape index (κ3) is 20.4. The molecule has 0 radical (unpaired) electrons. The van der Waals surface area contributed by atoms with Crippen LogP contribution in [0.5, 0.6) is 0 Å². The van der Waals surface area contributed by atoms with Crippen LogP contribution in [-0.4, -0.2) is 55.0 Å². The molecule has 0 amide bonds. The molecule has 0 aliphatic rings. The van der Waals surface area contributed by atoms with E-state index in [1.165, 1.54) is 0 Å². The number of rotatable bonds is 21. The van der Waals surface area contributed by atoms with Crippen molar-refractivity contribution in [3.8, 4) is 0 Å². The van der Waals surface area contributed by atoms with Crippen LogP contribution in [0.25, 0.3) is 0 Å².